The zero-order valence-electron chi connectivity index (χ0n) is 12.3. The van der Waals surface area contributed by atoms with Gasteiger partial charge in [-0.3, -0.25) is 4.90 Å². The minimum Gasteiger partial charge on any atom is -0.373 e. The van der Waals surface area contributed by atoms with Gasteiger partial charge >= 0.3 is 0 Å². The van der Waals surface area contributed by atoms with Gasteiger partial charge in [0.25, 0.3) is 0 Å². The Labute approximate surface area is 136 Å². The van der Waals surface area contributed by atoms with E-state index in [9.17, 15) is 0 Å². The van der Waals surface area contributed by atoms with Crippen LogP contribution in [-0.4, -0.2) is 43.3 Å². The number of halogens is 2. The molecule has 0 aliphatic carbocycles. The number of hydrogen-bond donors (Lipinski definition) is 1. The Balaban J connectivity index is 1.82. The summed E-state index contributed by atoms with van der Waals surface area (Å²) in [5.41, 5.74) is 1.04. The summed E-state index contributed by atoms with van der Waals surface area (Å²) in [6.07, 6.45) is 2.66. The van der Waals surface area contributed by atoms with E-state index in [2.05, 4.69) is 17.1 Å². The monoisotopic (exact) mass is 328 g/mol. The smallest absolute Gasteiger partial charge is 0.0897 e. The lowest BCUT2D eigenvalue weighted by Gasteiger charge is -2.39. The molecule has 2 heterocycles. The first-order valence-electron chi connectivity index (χ1n) is 7.73. The van der Waals surface area contributed by atoms with Crippen LogP contribution in [0.2, 0.25) is 10.0 Å². The maximum Gasteiger partial charge on any atom is 0.0897 e. The summed E-state index contributed by atoms with van der Waals surface area (Å²) in [5.74, 6) is 0. The van der Waals surface area contributed by atoms with Gasteiger partial charge in [0.2, 0.25) is 0 Å². The fourth-order valence-corrected chi connectivity index (χ4v) is 3.89. The van der Waals surface area contributed by atoms with Crippen molar-refractivity contribution in [3.05, 3.63) is 33.8 Å². The molecule has 0 spiro atoms. The van der Waals surface area contributed by atoms with Crippen molar-refractivity contribution >= 4 is 23.2 Å². The predicted octanol–water partition coefficient (Wildman–Crippen LogP) is 3.51. The zero-order valence-corrected chi connectivity index (χ0v) is 13.8. The average Bonchev–Trinajstić information content (AvgIpc) is 2.95. The third-order valence-corrected chi connectivity index (χ3v) is 5.36. The molecule has 3 rings (SSSR count). The molecular formula is C16H22Cl2N2O. The quantitative estimate of drug-likeness (QED) is 0.915. The SMILES string of the molecule is CCNC(c1cccc(Cl)c1Cl)C1CN2CCCC2CO1. The zero-order chi connectivity index (χ0) is 14.8. The molecule has 2 aliphatic rings. The van der Waals surface area contributed by atoms with Crippen molar-refractivity contribution in [3.8, 4) is 0 Å². The van der Waals surface area contributed by atoms with Gasteiger partial charge in [0.1, 0.15) is 0 Å². The summed E-state index contributed by atoms with van der Waals surface area (Å²) in [6, 6.07) is 6.52. The lowest BCUT2D eigenvalue weighted by atomic mass is 9.99. The van der Waals surface area contributed by atoms with Gasteiger partial charge in [-0.1, -0.05) is 42.3 Å². The molecule has 3 unspecified atom stereocenters. The minimum absolute atomic E-state index is 0.0859. The summed E-state index contributed by atoms with van der Waals surface area (Å²) in [7, 11) is 0. The van der Waals surface area contributed by atoms with Crippen molar-refractivity contribution in [2.24, 2.45) is 0 Å². The van der Waals surface area contributed by atoms with Crippen LogP contribution in [0, 0.1) is 0 Å². The molecule has 2 aliphatic heterocycles. The van der Waals surface area contributed by atoms with E-state index in [0.29, 0.717) is 16.1 Å². The van der Waals surface area contributed by atoms with Crippen molar-refractivity contribution in [2.75, 3.05) is 26.2 Å². The summed E-state index contributed by atoms with van der Waals surface area (Å²) in [5, 5.41) is 4.76. The molecule has 3 nitrogen and oxygen atoms in total. The van der Waals surface area contributed by atoms with E-state index in [-0.39, 0.29) is 12.1 Å². The number of hydrogen-bond acceptors (Lipinski definition) is 3. The summed E-state index contributed by atoms with van der Waals surface area (Å²) >= 11 is 12.6. The molecule has 0 aromatic heterocycles. The van der Waals surface area contributed by atoms with Gasteiger partial charge in [0.05, 0.1) is 28.8 Å². The van der Waals surface area contributed by atoms with Crippen LogP contribution in [0.4, 0.5) is 0 Å². The molecule has 21 heavy (non-hydrogen) atoms. The van der Waals surface area contributed by atoms with Gasteiger partial charge in [-0.15, -0.1) is 0 Å². The number of ether oxygens (including phenoxy) is 1. The van der Waals surface area contributed by atoms with Crippen LogP contribution >= 0.6 is 23.2 Å². The Morgan fingerprint density at radius 2 is 2.29 bits per heavy atom. The van der Waals surface area contributed by atoms with Crippen LogP contribution in [0.5, 0.6) is 0 Å². The van der Waals surface area contributed by atoms with Crippen molar-refractivity contribution in [3.63, 3.8) is 0 Å². The Hall–Kier alpha value is -0.320. The molecule has 3 atom stereocenters. The fourth-order valence-electron chi connectivity index (χ4n) is 3.47. The highest BCUT2D eigenvalue weighted by molar-refractivity contribution is 6.42. The molecule has 1 aromatic carbocycles. The van der Waals surface area contributed by atoms with Gasteiger partial charge in [0, 0.05) is 12.6 Å². The number of nitrogens with zero attached hydrogens (tertiary/aromatic N) is 1. The maximum absolute atomic E-state index is 6.41. The maximum atomic E-state index is 6.41. The first-order chi connectivity index (χ1) is 10.2. The first-order valence-corrected chi connectivity index (χ1v) is 8.49. The Morgan fingerprint density at radius 3 is 3.10 bits per heavy atom. The minimum atomic E-state index is 0.0859. The van der Waals surface area contributed by atoms with Crippen molar-refractivity contribution in [1.29, 1.82) is 0 Å². The van der Waals surface area contributed by atoms with E-state index in [0.717, 1.165) is 25.3 Å². The second-order valence-electron chi connectivity index (χ2n) is 5.84. The van der Waals surface area contributed by atoms with Crippen LogP contribution in [0.3, 0.4) is 0 Å². The van der Waals surface area contributed by atoms with Crippen molar-refractivity contribution < 1.29 is 4.74 Å². The van der Waals surface area contributed by atoms with Crippen LogP contribution in [-0.2, 0) is 4.74 Å². The topological polar surface area (TPSA) is 24.5 Å². The molecule has 0 saturated carbocycles. The number of morpholine rings is 1. The molecule has 116 valence electrons. The molecule has 2 fully saturated rings. The second kappa shape index (κ2) is 6.84. The van der Waals surface area contributed by atoms with E-state index in [1.165, 1.54) is 19.4 Å². The molecule has 0 amide bonds. The summed E-state index contributed by atoms with van der Waals surface area (Å²) in [4.78, 5) is 2.55. The number of benzene rings is 1. The normalized spacial score (nSPS) is 27.6. The highest BCUT2D eigenvalue weighted by Crippen LogP contribution is 2.34. The fraction of sp³-hybridized carbons (Fsp3) is 0.625. The van der Waals surface area contributed by atoms with E-state index < -0.39 is 0 Å². The lowest BCUT2D eigenvalue weighted by molar-refractivity contribution is -0.0650. The van der Waals surface area contributed by atoms with Gasteiger partial charge < -0.3 is 10.1 Å². The van der Waals surface area contributed by atoms with E-state index in [4.69, 9.17) is 27.9 Å². The van der Waals surface area contributed by atoms with Crippen LogP contribution in [0.1, 0.15) is 31.4 Å². The van der Waals surface area contributed by atoms with E-state index >= 15 is 0 Å². The highest BCUT2D eigenvalue weighted by Gasteiger charge is 2.36. The molecule has 1 N–H and O–H groups in total. The first kappa shape index (κ1) is 15.6. The lowest BCUT2D eigenvalue weighted by Crippen LogP contribution is -2.50. The molecule has 0 bridgehead atoms. The third kappa shape index (κ3) is 3.22. The van der Waals surface area contributed by atoms with Gasteiger partial charge in [0.15, 0.2) is 0 Å². The van der Waals surface area contributed by atoms with Crippen molar-refractivity contribution in [1.82, 2.24) is 10.2 Å². The van der Waals surface area contributed by atoms with Gasteiger partial charge in [-0.2, -0.15) is 0 Å². The second-order valence-corrected chi connectivity index (χ2v) is 6.63. The summed E-state index contributed by atoms with van der Waals surface area (Å²) in [6.45, 7) is 5.95. The standard InChI is InChI=1S/C16H22Cl2N2O/c1-2-19-16(12-6-3-7-13(17)15(12)18)14-9-20-8-4-5-11(20)10-21-14/h3,6-7,11,14,16,19H,2,4-5,8-10H2,1H3. The largest absolute Gasteiger partial charge is 0.373 e. The third-order valence-electron chi connectivity index (χ3n) is 4.53. The number of nitrogens with one attached hydrogen (secondary N) is 1. The van der Waals surface area contributed by atoms with Crippen LogP contribution in [0.15, 0.2) is 18.2 Å². The van der Waals surface area contributed by atoms with Gasteiger partial charge in [-0.05, 0) is 37.6 Å². The van der Waals surface area contributed by atoms with E-state index in [1.54, 1.807) is 0 Å². The summed E-state index contributed by atoms with van der Waals surface area (Å²) < 4.78 is 6.15. The molecule has 5 heteroatoms. The number of likely N-dealkylation sites (N-methyl/N-ethyl adjacent to an activating group) is 1. The molecular weight excluding hydrogens is 307 g/mol. The molecule has 0 radical (unpaired) electrons. The van der Waals surface area contributed by atoms with Crippen LogP contribution in [0.25, 0.3) is 0 Å². The average molecular weight is 329 g/mol. The highest BCUT2D eigenvalue weighted by atomic mass is 35.5. The Kier molecular flexibility index (Phi) is 5.07. The predicted molar refractivity (Wildman–Crippen MR) is 87.2 cm³/mol. The molecule has 1 aromatic rings. The Morgan fingerprint density at radius 1 is 1.43 bits per heavy atom. The number of rotatable bonds is 4. The molecule has 2 saturated heterocycles. The van der Waals surface area contributed by atoms with E-state index in [1.807, 2.05) is 18.2 Å². The van der Waals surface area contributed by atoms with Crippen molar-refractivity contribution in [2.45, 2.75) is 38.0 Å². The Bertz CT molecular complexity index is 497. The number of fused-ring (bicyclic) bond motifs is 1. The van der Waals surface area contributed by atoms with Gasteiger partial charge in [-0.25, -0.2) is 0 Å². The van der Waals surface area contributed by atoms with Crippen LogP contribution < -0.4 is 5.32 Å².